The van der Waals surface area contributed by atoms with Crippen molar-refractivity contribution in [2.45, 2.75) is 0 Å². The van der Waals surface area contributed by atoms with Crippen molar-refractivity contribution in [3.05, 3.63) is 35.0 Å². The second-order valence-electron chi connectivity index (χ2n) is 5.68. The lowest BCUT2D eigenvalue weighted by Gasteiger charge is -2.16. The van der Waals surface area contributed by atoms with Crippen molar-refractivity contribution in [2.24, 2.45) is 11.8 Å². The number of carbonyl (C=O) groups is 1. The Morgan fingerprint density at radius 1 is 1.25 bits per heavy atom. The van der Waals surface area contributed by atoms with Crippen molar-refractivity contribution in [3.63, 3.8) is 0 Å². The van der Waals surface area contributed by atoms with Crippen LogP contribution in [0.3, 0.4) is 0 Å². The zero-order chi connectivity index (χ0) is 13.7. The average Bonchev–Trinajstić information content (AvgIpc) is 3.10. The standard InChI is InChI=1S/C15H15FN2OS/c16-12-2-1-9-3-14(20-13(9)4-12)15(19)18-7-10-5-17-6-11(10)8-18/h1-4,10-11,17H,5-8H2. The molecule has 2 atom stereocenters. The fourth-order valence-electron chi connectivity index (χ4n) is 3.29. The van der Waals surface area contributed by atoms with E-state index in [0.29, 0.717) is 11.8 Å². The summed E-state index contributed by atoms with van der Waals surface area (Å²) in [6, 6.07) is 6.56. The van der Waals surface area contributed by atoms with Gasteiger partial charge in [-0.05, 0) is 35.4 Å². The van der Waals surface area contributed by atoms with Gasteiger partial charge in [0.25, 0.3) is 5.91 Å². The number of benzene rings is 1. The summed E-state index contributed by atoms with van der Waals surface area (Å²) in [5, 5.41) is 4.32. The molecule has 104 valence electrons. The lowest BCUT2D eigenvalue weighted by Crippen LogP contribution is -2.31. The molecular formula is C15H15FN2OS. The number of hydrogen-bond donors (Lipinski definition) is 1. The first-order valence-electron chi connectivity index (χ1n) is 6.90. The number of carbonyl (C=O) groups excluding carboxylic acids is 1. The molecule has 0 saturated carbocycles. The van der Waals surface area contributed by atoms with E-state index in [2.05, 4.69) is 5.32 Å². The van der Waals surface area contributed by atoms with Gasteiger partial charge in [-0.15, -0.1) is 11.3 Å². The van der Waals surface area contributed by atoms with Gasteiger partial charge in [-0.25, -0.2) is 4.39 Å². The van der Waals surface area contributed by atoms with Crippen molar-refractivity contribution >= 4 is 27.3 Å². The number of likely N-dealkylation sites (tertiary alicyclic amines) is 1. The van der Waals surface area contributed by atoms with E-state index in [0.717, 1.165) is 41.1 Å². The Kier molecular flexibility index (Phi) is 2.79. The molecule has 2 fully saturated rings. The van der Waals surface area contributed by atoms with Crippen molar-refractivity contribution < 1.29 is 9.18 Å². The molecule has 1 aromatic carbocycles. The van der Waals surface area contributed by atoms with Crippen LogP contribution in [0.2, 0.25) is 0 Å². The Morgan fingerprint density at radius 3 is 2.75 bits per heavy atom. The Morgan fingerprint density at radius 2 is 2.00 bits per heavy atom. The lowest BCUT2D eigenvalue weighted by atomic mass is 10.0. The second kappa shape index (κ2) is 4.53. The highest BCUT2D eigenvalue weighted by Gasteiger charge is 2.38. The molecule has 4 rings (SSSR count). The van der Waals surface area contributed by atoms with Gasteiger partial charge in [-0.2, -0.15) is 0 Å². The molecule has 5 heteroatoms. The maximum atomic E-state index is 13.2. The highest BCUT2D eigenvalue weighted by Crippen LogP contribution is 2.31. The topological polar surface area (TPSA) is 32.3 Å². The summed E-state index contributed by atoms with van der Waals surface area (Å²) in [7, 11) is 0. The lowest BCUT2D eigenvalue weighted by molar-refractivity contribution is 0.0786. The Bertz CT molecular complexity index is 672. The number of halogens is 1. The molecule has 0 radical (unpaired) electrons. The summed E-state index contributed by atoms with van der Waals surface area (Å²) in [5.74, 6) is 1.05. The van der Waals surface area contributed by atoms with Crippen molar-refractivity contribution in [1.29, 1.82) is 0 Å². The summed E-state index contributed by atoms with van der Waals surface area (Å²) in [6.45, 7) is 3.73. The molecule has 1 amide bonds. The molecule has 1 N–H and O–H groups in total. The molecular weight excluding hydrogens is 275 g/mol. The SMILES string of the molecule is O=C(c1cc2ccc(F)cc2s1)N1CC2CNCC2C1. The molecule has 2 aliphatic heterocycles. The van der Waals surface area contributed by atoms with Crippen LogP contribution >= 0.6 is 11.3 Å². The predicted molar refractivity (Wildman–Crippen MR) is 77.5 cm³/mol. The van der Waals surface area contributed by atoms with Crippen LogP contribution in [0.25, 0.3) is 10.1 Å². The molecule has 2 aromatic rings. The molecule has 0 bridgehead atoms. The van der Waals surface area contributed by atoms with E-state index in [1.54, 1.807) is 6.07 Å². The summed E-state index contributed by atoms with van der Waals surface area (Å²) >= 11 is 1.39. The maximum absolute atomic E-state index is 13.2. The van der Waals surface area contributed by atoms with Crippen LogP contribution in [-0.4, -0.2) is 37.0 Å². The number of nitrogens with zero attached hydrogens (tertiary/aromatic N) is 1. The minimum absolute atomic E-state index is 0.0982. The smallest absolute Gasteiger partial charge is 0.263 e. The summed E-state index contributed by atoms with van der Waals surface area (Å²) in [5.41, 5.74) is 0. The van der Waals surface area contributed by atoms with Crippen LogP contribution < -0.4 is 5.32 Å². The number of thiophene rings is 1. The second-order valence-corrected chi connectivity index (χ2v) is 6.77. The Balaban J connectivity index is 1.61. The van der Waals surface area contributed by atoms with E-state index in [1.807, 2.05) is 11.0 Å². The van der Waals surface area contributed by atoms with Crippen LogP contribution in [0.5, 0.6) is 0 Å². The van der Waals surface area contributed by atoms with Gasteiger partial charge in [0.15, 0.2) is 0 Å². The van der Waals surface area contributed by atoms with Crippen LogP contribution in [-0.2, 0) is 0 Å². The molecule has 2 aliphatic rings. The van der Waals surface area contributed by atoms with Crippen molar-refractivity contribution in [1.82, 2.24) is 10.2 Å². The molecule has 0 spiro atoms. The van der Waals surface area contributed by atoms with Crippen LogP contribution in [0.4, 0.5) is 4.39 Å². The third-order valence-corrected chi connectivity index (χ3v) is 5.46. The summed E-state index contributed by atoms with van der Waals surface area (Å²) in [6.07, 6.45) is 0. The highest BCUT2D eigenvalue weighted by atomic mass is 32.1. The molecule has 3 nitrogen and oxygen atoms in total. The quantitative estimate of drug-likeness (QED) is 0.874. The van der Waals surface area contributed by atoms with Gasteiger partial charge in [0.2, 0.25) is 0 Å². The molecule has 3 heterocycles. The number of amides is 1. The molecule has 1 aromatic heterocycles. The third kappa shape index (κ3) is 1.93. The van der Waals surface area contributed by atoms with Crippen molar-refractivity contribution in [3.8, 4) is 0 Å². The molecule has 2 unspecified atom stereocenters. The van der Waals surface area contributed by atoms with Crippen molar-refractivity contribution in [2.75, 3.05) is 26.2 Å². The molecule has 0 aliphatic carbocycles. The first-order valence-corrected chi connectivity index (χ1v) is 7.71. The normalized spacial score (nSPS) is 25.4. The van der Waals surface area contributed by atoms with E-state index in [4.69, 9.17) is 0 Å². The van der Waals surface area contributed by atoms with Gasteiger partial charge in [0.05, 0.1) is 4.88 Å². The predicted octanol–water partition coefficient (Wildman–Crippen LogP) is 2.33. The number of nitrogens with one attached hydrogen (secondary N) is 1. The number of rotatable bonds is 1. The number of hydrogen-bond acceptors (Lipinski definition) is 3. The van der Waals surface area contributed by atoms with E-state index in [9.17, 15) is 9.18 Å². The largest absolute Gasteiger partial charge is 0.337 e. The molecule has 20 heavy (non-hydrogen) atoms. The van der Waals surface area contributed by atoms with E-state index < -0.39 is 0 Å². The monoisotopic (exact) mass is 290 g/mol. The first kappa shape index (κ1) is 12.3. The van der Waals surface area contributed by atoms with E-state index >= 15 is 0 Å². The van der Waals surface area contributed by atoms with Crippen LogP contribution in [0.15, 0.2) is 24.3 Å². The summed E-state index contributed by atoms with van der Waals surface area (Å²) < 4.78 is 14.1. The van der Waals surface area contributed by atoms with Gasteiger partial charge in [-0.3, -0.25) is 4.79 Å². The van der Waals surface area contributed by atoms with Crippen LogP contribution in [0.1, 0.15) is 9.67 Å². The summed E-state index contributed by atoms with van der Waals surface area (Å²) in [4.78, 5) is 15.2. The maximum Gasteiger partial charge on any atom is 0.263 e. The van der Waals surface area contributed by atoms with Gasteiger partial charge in [-0.1, -0.05) is 6.07 Å². The minimum atomic E-state index is -0.250. The zero-order valence-corrected chi connectivity index (χ0v) is 11.8. The van der Waals surface area contributed by atoms with E-state index in [1.165, 1.54) is 23.5 Å². The van der Waals surface area contributed by atoms with E-state index in [-0.39, 0.29) is 11.7 Å². The fraction of sp³-hybridized carbons (Fsp3) is 0.400. The fourth-order valence-corrected chi connectivity index (χ4v) is 4.34. The average molecular weight is 290 g/mol. The minimum Gasteiger partial charge on any atom is -0.337 e. The highest BCUT2D eigenvalue weighted by molar-refractivity contribution is 7.20. The zero-order valence-electron chi connectivity index (χ0n) is 10.9. The number of fused-ring (bicyclic) bond motifs is 2. The van der Waals surface area contributed by atoms with Gasteiger partial charge >= 0.3 is 0 Å². The Hall–Kier alpha value is -1.46. The van der Waals surface area contributed by atoms with Crippen LogP contribution in [0, 0.1) is 17.7 Å². The van der Waals surface area contributed by atoms with Gasteiger partial charge in [0, 0.05) is 30.9 Å². The Labute approximate surface area is 120 Å². The van der Waals surface area contributed by atoms with Gasteiger partial charge < -0.3 is 10.2 Å². The first-order chi connectivity index (χ1) is 9.70. The van der Waals surface area contributed by atoms with Gasteiger partial charge in [0.1, 0.15) is 5.82 Å². The third-order valence-electron chi connectivity index (χ3n) is 4.37. The molecule has 2 saturated heterocycles.